The van der Waals surface area contributed by atoms with Gasteiger partial charge in [-0.05, 0) is 25.0 Å². The Morgan fingerprint density at radius 2 is 2.03 bits per heavy atom. The summed E-state index contributed by atoms with van der Waals surface area (Å²) in [5, 5.41) is 10.2. The highest BCUT2D eigenvalue weighted by Gasteiger charge is 2.23. The molecule has 0 aliphatic carbocycles. The summed E-state index contributed by atoms with van der Waals surface area (Å²) >= 11 is 0. The Bertz CT molecular complexity index is 817. The number of fused-ring (bicyclic) bond motifs is 1. The lowest BCUT2D eigenvalue weighted by Crippen LogP contribution is -2.42. The first-order valence-corrected chi connectivity index (χ1v) is 10.4. The molecule has 3 heterocycles. The second-order valence-corrected chi connectivity index (χ2v) is 7.70. The van der Waals surface area contributed by atoms with Gasteiger partial charge in [0.25, 0.3) is 0 Å². The Labute approximate surface area is 171 Å². The topological polar surface area (TPSA) is 74.7 Å². The number of anilines is 2. The van der Waals surface area contributed by atoms with Crippen LogP contribution in [0.5, 0.6) is 0 Å². The fourth-order valence-electron chi connectivity index (χ4n) is 3.97. The van der Waals surface area contributed by atoms with Gasteiger partial charge in [0.2, 0.25) is 0 Å². The lowest BCUT2D eigenvalue weighted by Gasteiger charge is -2.27. The van der Waals surface area contributed by atoms with Crippen LogP contribution in [0.25, 0.3) is 0 Å². The second kappa shape index (κ2) is 9.28. The van der Waals surface area contributed by atoms with E-state index >= 15 is 0 Å². The first-order valence-electron chi connectivity index (χ1n) is 10.4. The largest absolute Gasteiger partial charge is 0.379 e. The first-order chi connectivity index (χ1) is 14.2. The van der Waals surface area contributed by atoms with Gasteiger partial charge in [-0.3, -0.25) is 9.58 Å². The van der Waals surface area contributed by atoms with Gasteiger partial charge >= 0.3 is 6.03 Å². The van der Waals surface area contributed by atoms with Crippen molar-refractivity contribution in [1.82, 2.24) is 20.0 Å². The Morgan fingerprint density at radius 1 is 1.21 bits per heavy atom. The lowest BCUT2D eigenvalue weighted by molar-refractivity contribution is 0.0360. The number of morpholine rings is 1. The van der Waals surface area contributed by atoms with E-state index < -0.39 is 0 Å². The van der Waals surface area contributed by atoms with E-state index in [1.807, 2.05) is 10.9 Å². The summed E-state index contributed by atoms with van der Waals surface area (Å²) in [5.74, 6) is 0. The number of hydrogen-bond donors (Lipinski definition) is 2. The van der Waals surface area contributed by atoms with Crippen molar-refractivity contribution in [2.75, 3.05) is 56.2 Å². The maximum atomic E-state index is 12.3. The minimum absolute atomic E-state index is 0.197. The fourth-order valence-corrected chi connectivity index (χ4v) is 3.97. The SMILES string of the molecule is CC(CNC(=O)Nc1cnn(CCN2CCOCC2)c1)N1CCc2ccccc21. The van der Waals surface area contributed by atoms with Crippen LogP contribution in [0.15, 0.2) is 36.7 Å². The van der Waals surface area contributed by atoms with Crippen molar-refractivity contribution in [2.24, 2.45) is 0 Å². The predicted molar refractivity (Wildman–Crippen MR) is 113 cm³/mol. The molecule has 4 rings (SSSR count). The van der Waals surface area contributed by atoms with Gasteiger partial charge in [0, 0.05) is 50.6 Å². The Kier molecular flexibility index (Phi) is 6.31. The Hall–Kier alpha value is -2.58. The molecule has 1 aromatic carbocycles. The van der Waals surface area contributed by atoms with Crippen LogP contribution in [0, 0.1) is 0 Å². The molecule has 1 unspecified atom stereocenters. The standard InChI is InChI=1S/C21H30N6O2/c1-17(27-7-6-18-4-2-3-5-20(18)27)14-22-21(28)24-19-15-23-26(16-19)9-8-25-10-12-29-13-11-25/h2-5,15-17H,6-14H2,1H3,(H2,22,24,28). The van der Waals surface area contributed by atoms with Crippen molar-refractivity contribution in [1.29, 1.82) is 0 Å². The summed E-state index contributed by atoms with van der Waals surface area (Å²) < 4.78 is 7.24. The number of nitrogens with zero attached hydrogens (tertiary/aromatic N) is 4. The summed E-state index contributed by atoms with van der Waals surface area (Å²) in [7, 11) is 0. The number of rotatable bonds is 7. The Morgan fingerprint density at radius 3 is 2.90 bits per heavy atom. The highest BCUT2D eigenvalue weighted by Crippen LogP contribution is 2.28. The van der Waals surface area contributed by atoms with Gasteiger partial charge in [-0.1, -0.05) is 18.2 Å². The van der Waals surface area contributed by atoms with Crippen LogP contribution in [-0.2, 0) is 17.7 Å². The molecule has 1 saturated heterocycles. The molecule has 0 spiro atoms. The van der Waals surface area contributed by atoms with E-state index in [1.165, 1.54) is 11.3 Å². The number of ether oxygens (including phenoxy) is 1. The van der Waals surface area contributed by atoms with Crippen LogP contribution >= 0.6 is 0 Å². The zero-order chi connectivity index (χ0) is 20.1. The lowest BCUT2D eigenvalue weighted by atomic mass is 10.2. The van der Waals surface area contributed by atoms with Crippen LogP contribution in [0.4, 0.5) is 16.2 Å². The molecule has 29 heavy (non-hydrogen) atoms. The monoisotopic (exact) mass is 398 g/mol. The molecule has 2 amide bonds. The minimum Gasteiger partial charge on any atom is -0.379 e. The molecule has 0 radical (unpaired) electrons. The molecule has 2 N–H and O–H groups in total. The number of nitrogens with one attached hydrogen (secondary N) is 2. The zero-order valence-electron chi connectivity index (χ0n) is 17.0. The molecule has 2 aliphatic rings. The number of urea groups is 1. The molecule has 8 nitrogen and oxygen atoms in total. The first kappa shape index (κ1) is 19.7. The third-order valence-corrected chi connectivity index (χ3v) is 5.65. The van der Waals surface area contributed by atoms with E-state index in [0.29, 0.717) is 12.2 Å². The van der Waals surface area contributed by atoms with Crippen molar-refractivity contribution in [3.8, 4) is 0 Å². The van der Waals surface area contributed by atoms with Gasteiger partial charge in [0.05, 0.1) is 31.6 Å². The van der Waals surface area contributed by atoms with Crippen LogP contribution < -0.4 is 15.5 Å². The van der Waals surface area contributed by atoms with E-state index in [1.54, 1.807) is 6.20 Å². The Balaban J connectivity index is 1.20. The van der Waals surface area contributed by atoms with Crippen molar-refractivity contribution in [3.63, 3.8) is 0 Å². The van der Waals surface area contributed by atoms with Gasteiger partial charge in [-0.2, -0.15) is 5.10 Å². The highest BCUT2D eigenvalue weighted by atomic mass is 16.5. The van der Waals surface area contributed by atoms with Crippen LogP contribution in [0.2, 0.25) is 0 Å². The fraction of sp³-hybridized carbons (Fsp3) is 0.524. The summed E-state index contributed by atoms with van der Waals surface area (Å²) in [5.41, 5.74) is 3.38. The summed E-state index contributed by atoms with van der Waals surface area (Å²) in [4.78, 5) is 17.0. The highest BCUT2D eigenvalue weighted by molar-refractivity contribution is 5.88. The van der Waals surface area contributed by atoms with Crippen molar-refractivity contribution in [2.45, 2.75) is 25.9 Å². The molecular weight excluding hydrogens is 368 g/mol. The number of hydrogen-bond acceptors (Lipinski definition) is 5. The third kappa shape index (κ3) is 5.07. The smallest absolute Gasteiger partial charge is 0.319 e. The summed E-state index contributed by atoms with van der Waals surface area (Å²) in [6.07, 6.45) is 4.63. The van der Waals surface area contributed by atoms with Crippen LogP contribution in [0.1, 0.15) is 12.5 Å². The van der Waals surface area contributed by atoms with Gasteiger partial charge in [-0.25, -0.2) is 4.79 Å². The van der Waals surface area contributed by atoms with E-state index in [0.717, 1.165) is 52.4 Å². The number of carbonyl (C=O) groups excluding carboxylic acids is 1. The number of benzene rings is 1. The zero-order valence-corrected chi connectivity index (χ0v) is 17.0. The van der Waals surface area contributed by atoms with E-state index in [-0.39, 0.29) is 12.1 Å². The van der Waals surface area contributed by atoms with Crippen molar-refractivity contribution >= 4 is 17.4 Å². The van der Waals surface area contributed by atoms with Crippen LogP contribution in [-0.4, -0.2) is 72.7 Å². The van der Waals surface area contributed by atoms with Crippen molar-refractivity contribution in [3.05, 3.63) is 42.2 Å². The molecule has 2 aromatic rings. The quantitative estimate of drug-likeness (QED) is 0.744. The molecule has 2 aliphatic heterocycles. The average Bonchev–Trinajstić information content (AvgIpc) is 3.38. The molecule has 8 heteroatoms. The number of para-hydroxylation sites is 1. The van der Waals surface area contributed by atoms with E-state index in [4.69, 9.17) is 4.74 Å². The number of aromatic nitrogens is 2. The van der Waals surface area contributed by atoms with Crippen molar-refractivity contribution < 1.29 is 9.53 Å². The molecule has 1 fully saturated rings. The summed E-state index contributed by atoms with van der Waals surface area (Å²) in [6, 6.07) is 8.53. The van der Waals surface area contributed by atoms with Gasteiger partial charge in [0.15, 0.2) is 0 Å². The predicted octanol–water partition coefficient (Wildman–Crippen LogP) is 1.79. The normalized spacial score (nSPS) is 17.8. The van der Waals surface area contributed by atoms with E-state index in [9.17, 15) is 4.79 Å². The summed E-state index contributed by atoms with van der Waals surface area (Å²) in [6.45, 7) is 9.00. The maximum absolute atomic E-state index is 12.3. The van der Waals surface area contributed by atoms with Gasteiger partial charge in [0.1, 0.15) is 0 Å². The molecule has 156 valence electrons. The molecule has 1 aromatic heterocycles. The molecule has 1 atom stereocenters. The van der Waals surface area contributed by atoms with Gasteiger partial charge < -0.3 is 20.3 Å². The molecule has 0 bridgehead atoms. The van der Waals surface area contributed by atoms with Gasteiger partial charge in [-0.15, -0.1) is 0 Å². The second-order valence-electron chi connectivity index (χ2n) is 7.70. The average molecular weight is 399 g/mol. The minimum atomic E-state index is -0.197. The molecule has 0 saturated carbocycles. The number of carbonyl (C=O) groups is 1. The number of amides is 2. The van der Waals surface area contributed by atoms with E-state index in [2.05, 4.69) is 56.7 Å². The maximum Gasteiger partial charge on any atom is 0.319 e. The molecular formula is C21H30N6O2. The third-order valence-electron chi connectivity index (χ3n) is 5.65. The van der Waals surface area contributed by atoms with Crippen LogP contribution in [0.3, 0.4) is 0 Å².